The molecule has 1 heterocycles. The summed E-state index contributed by atoms with van der Waals surface area (Å²) in [7, 11) is 0. The van der Waals surface area contributed by atoms with Crippen LogP contribution in [0.2, 0.25) is 5.02 Å². The Morgan fingerprint density at radius 1 is 1.43 bits per heavy atom. The Balaban J connectivity index is 2.02. The van der Waals surface area contributed by atoms with Crippen molar-refractivity contribution in [1.29, 1.82) is 0 Å². The zero-order valence-electron chi connectivity index (χ0n) is 11.2. The molecule has 2 amide bonds. The van der Waals surface area contributed by atoms with Gasteiger partial charge in [-0.25, -0.2) is 4.79 Å². The second-order valence-electron chi connectivity index (χ2n) is 4.77. The summed E-state index contributed by atoms with van der Waals surface area (Å²) in [6, 6.07) is 2.36. The summed E-state index contributed by atoms with van der Waals surface area (Å²) in [4.78, 5) is 23.0. The average Bonchev–Trinajstić information content (AvgIpc) is 2.84. The van der Waals surface area contributed by atoms with Crippen LogP contribution in [0.15, 0.2) is 16.6 Å². The maximum atomic E-state index is 12.0. The number of anilines is 1. The van der Waals surface area contributed by atoms with E-state index >= 15 is 0 Å². The van der Waals surface area contributed by atoms with Gasteiger partial charge >= 0.3 is 12.0 Å². The molecule has 0 aliphatic carbocycles. The number of nitrogens with one attached hydrogen (secondary N) is 2. The molecule has 0 radical (unpaired) electrons. The molecule has 2 unspecified atom stereocenters. The van der Waals surface area contributed by atoms with E-state index in [2.05, 4.69) is 26.6 Å². The quantitative estimate of drug-likeness (QED) is 0.755. The summed E-state index contributed by atoms with van der Waals surface area (Å²) in [5.41, 5.74) is 1.39. The molecule has 1 aromatic carbocycles. The van der Waals surface area contributed by atoms with Crippen molar-refractivity contribution in [3.63, 3.8) is 0 Å². The minimum absolute atomic E-state index is 0.0976. The van der Waals surface area contributed by atoms with Crippen molar-refractivity contribution < 1.29 is 19.4 Å². The van der Waals surface area contributed by atoms with Crippen molar-refractivity contribution in [3.05, 3.63) is 27.2 Å². The largest absolute Gasteiger partial charge is 0.481 e. The van der Waals surface area contributed by atoms with Crippen LogP contribution in [0.5, 0.6) is 0 Å². The maximum Gasteiger partial charge on any atom is 0.319 e. The molecule has 2 atom stereocenters. The monoisotopic (exact) mass is 376 g/mol. The molecule has 6 nitrogen and oxygen atoms in total. The van der Waals surface area contributed by atoms with Gasteiger partial charge in [0.1, 0.15) is 5.92 Å². The van der Waals surface area contributed by atoms with Crippen molar-refractivity contribution in [3.8, 4) is 0 Å². The lowest BCUT2D eigenvalue weighted by molar-refractivity contribution is -0.142. The number of aryl methyl sites for hydroxylation is 1. The van der Waals surface area contributed by atoms with Crippen LogP contribution in [0.25, 0.3) is 0 Å². The molecule has 0 spiro atoms. The van der Waals surface area contributed by atoms with Gasteiger partial charge < -0.3 is 20.5 Å². The first-order valence-electron chi connectivity index (χ1n) is 6.22. The molecule has 1 aromatic rings. The van der Waals surface area contributed by atoms with E-state index < -0.39 is 24.0 Å². The number of carbonyl (C=O) groups excluding carboxylic acids is 1. The lowest BCUT2D eigenvalue weighted by Gasteiger charge is -2.17. The van der Waals surface area contributed by atoms with E-state index in [9.17, 15) is 9.59 Å². The Hall–Kier alpha value is -1.31. The predicted molar refractivity (Wildman–Crippen MR) is 81.8 cm³/mol. The molecule has 8 heteroatoms. The number of amides is 2. The van der Waals surface area contributed by atoms with E-state index in [1.165, 1.54) is 0 Å². The minimum atomic E-state index is -0.989. The van der Waals surface area contributed by atoms with Gasteiger partial charge in [-0.2, -0.15) is 0 Å². The average molecular weight is 378 g/mol. The van der Waals surface area contributed by atoms with Crippen LogP contribution in [0.1, 0.15) is 5.56 Å². The van der Waals surface area contributed by atoms with E-state index in [1.54, 1.807) is 12.1 Å². The number of hydrogen-bond acceptors (Lipinski definition) is 3. The van der Waals surface area contributed by atoms with Gasteiger partial charge in [0.15, 0.2) is 0 Å². The summed E-state index contributed by atoms with van der Waals surface area (Å²) in [5, 5.41) is 14.8. The van der Waals surface area contributed by atoms with Crippen LogP contribution in [0.4, 0.5) is 10.5 Å². The van der Waals surface area contributed by atoms with Gasteiger partial charge in [0.25, 0.3) is 0 Å². The van der Waals surface area contributed by atoms with E-state index in [4.69, 9.17) is 21.4 Å². The lowest BCUT2D eigenvalue weighted by atomic mass is 10.0. The van der Waals surface area contributed by atoms with Crippen LogP contribution < -0.4 is 10.6 Å². The second-order valence-corrected chi connectivity index (χ2v) is 6.03. The first kappa shape index (κ1) is 16.1. The first-order valence-corrected chi connectivity index (χ1v) is 7.39. The van der Waals surface area contributed by atoms with Crippen molar-refractivity contribution in [2.75, 3.05) is 18.5 Å². The van der Waals surface area contributed by atoms with E-state index in [0.29, 0.717) is 15.2 Å². The highest BCUT2D eigenvalue weighted by atomic mass is 79.9. The molecule has 3 N–H and O–H groups in total. The fourth-order valence-electron chi connectivity index (χ4n) is 2.01. The number of carboxylic acids is 1. The Bertz CT molecular complexity index is 582. The highest BCUT2D eigenvalue weighted by Crippen LogP contribution is 2.29. The molecule has 1 aliphatic heterocycles. The van der Waals surface area contributed by atoms with Crippen LogP contribution >= 0.6 is 27.5 Å². The van der Waals surface area contributed by atoms with Crippen molar-refractivity contribution in [2.45, 2.75) is 13.0 Å². The molecule has 21 heavy (non-hydrogen) atoms. The SMILES string of the molecule is Cc1cc(Br)c(NC(=O)NC2COCC2C(=O)O)cc1Cl. The number of carbonyl (C=O) groups is 2. The fraction of sp³-hybridized carbons (Fsp3) is 0.385. The van der Waals surface area contributed by atoms with Gasteiger partial charge in [-0.3, -0.25) is 4.79 Å². The van der Waals surface area contributed by atoms with Crippen LogP contribution in [0.3, 0.4) is 0 Å². The molecule has 1 fully saturated rings. The van der Waals surface area contributed by atoms with Crippen LogP contribution in [-0.4, -0.2) is 36.4 Å². The van der Waals surface area contributed by atoms with E-state index in [0.717, 1.165) is 5.56 Å². The number of aliphatic carboxylic acids is 1. The predicted octanol–water partition coefficient (Wildman–Crippen LogP) is 2.63. The normalized spacial score (nSPS) is 21.1. The highest BCUT2D eigenvalue weighted by Gasteiger charge is 2.35. The second kappa shape index (κ2) is 6.64. The molecule has 1 saturated heterocycles. The molecular weight excluding hydrogens is 364 g/mol. The van der Waals surface area contributed by atoms with Gasteiger partial charge in [-0.1, -0.05) is 11.6 Å². The smallest absolute Gasteiger partial charge is 0.319 e. The fourth-order valence-corrected chi connectivity index (χ4v) is 2.73. The van der Waals surface area contributed by atoms with E-state index in [-0.39, 0.29) is 13.2 Å². The number of ether oxygens (including phenoxy) is 1. The Labute approximate surface area is 134 Å². The van der Waals surface area contributed by atoms with Crippen LogP contribution in [-0.2, 0) is 9.53 Å². The summed E-state index contributed by atoms with van der Waals surface area (Å²) >= 11 is 9.35. The summed E-state index contributed by atoms with van der Waals surface area (Å²) in [6.07, 6.45) is 0. The molecule has 114 valence electrons. The Morgan fingerprint density at radius 2 is 2.14 bits per heavy atom. The molecule has 1 aliphatic rings. The number of carboxylic acid groups (broad SMARTS) is 1. The topological polar surface area (TPSA) is 87.7 Å². The van der Waals surface area contributed by atoms with Crippen LogP contribution in [0, 0.1) is 12.8 Å². The number of urea groups is 1. The highest BCUT2D eigenvalue weighted by molar-refractivity contribution is 9.10. The van der Waals surface area contributed by atoms with Gasteiger partial charge in [-0.15, -0.1) is 0 Å². The molecular formula is C13H14BrClN2O4. The van der Waals surface area contributed by atoms with Crippen molar-refractivity contribution in [1.82, 2.24) is 5.32 Å². The summed E-state index contributed by atoms with van der Waals surface area (Å²) < 4.78 is 5.78. The third-order valence-corrected chi connectivity index (χ3v) is 4.27. The molecule has 2 rings (SSSR count). The molecule has 0 saturated carbocycles. The molecule has 0 aromatic heterocycles. The van der Waals surface area contributed by atoms with Gasteiger partial charge in [-0.05, 0) is 40.5 Å². The lowest BCUT2D eigenvalue weighted by Crippen LogP contribution is -2.44. The summed E-state index contributed by atoms with van der Waals surface area (Å²) in [6.45, 7) is 2.13. The Morgan fingerprint density at radius 3 is 2.81 bits per heavy atom. The van der Waals surface area contributed by atoms with Gasteiger partial charge in [0.05, 0.1) is 24.9 Å². The van der Waals surface area contributed by atoms with Crippen molar-refractivity contribution in [2.24, 2.45) is 5.92 Å². The van der Waals surface area contributed by atoms with Crippen molar-refractivity contribution >= 4 is 45.2 Å². The van der Waals surface area contributed by atoms with E-state index in [1.807, 2.05) is 6.92 Å². The number of rotatable bonds is 3. The maximum absolute atomic E-state index is 12.0. The third-order valence-electron chi connectivity index (χ3n) is 3.21. The third kappa shape index (κ3) is 3.87. The van der Waals surface area contributed by atoms with Gasteiger partial charge in [0.2, 0.25) is 0 Å². The summed E-state index contributed by atoms with van der Waals surface area (Å²) in [5.74, 6) is -1.72. The zero-order chi connectivity index (χ0) is 15.6. The first-order chi connectivity index (χ1) is 9.88. The number of hydrogen-bond donors (Lipinski definition) is 3. The number of benzene rings is 1. The number of halogens is 2. The Kier molecular flexibility index (Phi) is 5.08. The van der Waals surface area contributed by atoms with Gasteiger partial charge in [0, 0.05) is 9.50 Å². The molecule has 0 bridgehead atoms. The zero-order valence-corrected chi connectivity index (χ0v) is 13.5. The standard InChI is InChI=1S/C13H14BrClN2O4/c1-6-2-8(14)10(3-9(6)15)16-13(20)17-11-5-21-4-7(11)12(18)19/h2-3,7,11H,4-5H2,1H3,(H,18,19)(H2,16,17,20). The minimum Gasteiger partial charge on any atom is -0.481 e.